The predicted molar refractivity (Wildman–Crippen MR) is 170 cm³/mol. The zero-order valence-electron chi connectivity index (χ0n) is 23.2. The van der Waals surface area contributed by atoms with E-state index in [0.717, 1.165) is 59.2 Å². The van der Waals surface area contributed by atoms with Gasteiger partial charge in [-0.25, -0.2) is 4.79 Å². The Labute approximate surface area is 255 Å². The molecule has 10 heteroatoms. The third-order valence-electron chi connectivity index (χ3n) is 7.28. The van der Waals surface area contributed by atoms with Gasteiger partial charge in [0.15, 0.2) is 0 Å². The van der Waals surface area contributed by atoms with Crippen LogP contribution in [0.2, 0.25) is 5.02 Å². The van der Waals surface area contributed by atoms with Crippen molar-refractivity contribution in [3.8, 4) is 0 Å². The van der Waals surface area contributed by atoms with Crippen molar-refractivity contribution < 1.29 is 9.59 Å². The lowest BCUT2D eigenvalue weighted by Gasteiger charge is -2.37. The minimum Gasteiger partial charge on any atom is -0.351 e. The first-order chi connectivity index (χ1) is 18.6. The number of piperidine rings is 2. The molecule has 2 fully saturated rings. The summed E-state index contributed by atoms with van der Waals surface area (Å²) < 4.78 is 1.04. The van der Waals surface area contributed by atoms with Crippen LogP contribution < -0.4 is 11.6 Å². The highest BCUT2D eigenvalue weighted by Gasteiger charge is 2.32. The summed E-state index contributed by atoms with van der Waals surface area (Å²) in [5.74, 6) is 5.99. The quantitative estimate of drug-likeness (QED) is 0.107. The lowest BCUT2D eigenvalue weighted by Crippen LogP contribution is -2.44. The number of urea groups is 1. The zero-order chi connectivity index (χ0) is 28.9. The summed E-state index contributed by atoms with van der Waals surface area (Å²) in [6.45, 7) is 9.22. The van der Waals surface area contributed by atoms with Crippen molar-refractivity contribution in [3.05, 3.63) is 50.5 Å². The molecule has 0 aliphatic carbocycles. The van der Waals surface area contributed by atoms with Crippen molar-refractivity contribution in [2.75, 3.05) is 31.5 Å². The maximum atomic E-state index is 13.0. The molecule has 2 heterocycles. The number of alkyl halides is 1. The Morgan fingerprint density at radius 2 is 1.74 bits per heavy atom. The molecule has 0 aromatic heterocycles. The highest BCUT2D eigenvalue weighted by atomic mass is 79.9. The van der Waals surface area contributed by atoms with Crippen LogP contribution in [0.4, 0.5) is 4.79 Å². The Hall–Kier alpha value is -1.84. The van der Waals surface area contributed by atoms with Gasteiger partial charge in [0, 0.05) is 59.6 Å². The van der Waals surface area contributed by atoms with Gasteiger partial charge in [0.2, 0.25) is 5.91 Å². The zero-order valence-corrected chi connectivity index (χ0v) is 27.1. The van der Waals surface area contributed by atoms with E-state index < -0.39 is 0 Å². The molecule has 7 nitrogen and oxygen atoms in total. The first-order valence-electron chi connectivity index (χ1n) is 13.5. The monoisotopic (exact) mass is 685 g/mol. The second-order valence-corrected chi connectivity index (χ2v) is 12.3. The average Bonchev–Trinajstić information content (AvgIpc) is 2.89. The van der Waals surface area contributed by atoms with E-state index in [4.69, 9.17) is 17.3 Å². The highest BCUT2D eigenvalue weighted by molar-refractivity contribution is 9.10. The Morgan fingerprint density at radius 3 is 2.23 bits per heavy atom. The van der Waals surface area contributed by atoms with Crippen LogP contribution in [0.5, 0.6) is 0 Å². The fourth-order valence-corrected chi connectivity index (χ4v) is 6.63. The topological polar surface area (TPSA) is 105 Å². The second-order valence-electron chi connectivity index (χ2n) is 10.3. The van der Waals surface area contributed by atoms with Crippen molar-refractivity contribution in [1.82, 2.24) is 9.80 Å². The number of nitrogens with two attached hydrogens (primary N) is 2. The number of benzene rings is 1. The number of nitrogens with zero attached hydrogens (tertiary/aromatic N) is 3. The molecule has 0 spiro atoms. The van der Waals surface area contributed by atoms with Gasteiger partial charge in [0.1, 0.15) is 0 Å². The first-order valence-corrected chi connectivity index (χ1v) is 15.8. The first kappa shape index (κ1) is 33.4. The standard InChI is InChI=1S/C27H37BrClN3O2.C2H5BrN2/c1-4-5-21-16-22(29)17-24(28)26(21)23(14-18(2)3)20-8-12-31(13-9-20)25(33)15-19-6-10-32(11-7-19)27(30)34;3-1-2-5-4/h4-5,14,16-17,19-20,23H,6-13,15H2,1-3H3,(H2,30,34);2H,1,4H2/b5-4-;5-2-. The van der Waals surface area contributed by atoms with Crippen LogP contribution in [0.3, 0.4) is 0 Å². The number of primary amides is 1. The number of carbonyl (C=O) groups excluding carboxylic acids is 2. The minimum absolute atomic E-state index is 0.247. The van der Waals surface area contributed by atoms with Gasteiger partial charge >= 0.3 is 6.03 Å². The molecule has 2 saturated heterocycles. The molecule has 1 atom stereocenters. The normalized spacial score (nSPS) is 17.7. The van der Waals surface area contributed by atoms with Crippen molar-refractivity contribution >= 4 is 67.7 Å². The second kappa shape index (κ2) is 17.1. The van der Waals surface area contributed by atoms with Crippen LogP contribution >= 0.6 is 43.5 Å². The fourth-order valence-electron chi connectivity index (χ4n) is 5.37. The smallest absolute Gasteiger partial charge is 0.314 e. The van der Waals surface area contributed by atoms with Crippen LogP contribution in [0.15, 0.2) is 39.4 Å². The number of rotatable bonds is 7. The molecule has 4 N–H and O–H groups in total. The maximum absolute atomic E-state index is 13.0. The molecule has 3 amide bonds. The summed E-state index contributed by atoms with van der Waals surface area (Å²) in [4.78, 5) is 28.1. The van der Waals surface area contributed by atoms with E-state index in [1.807, 2.05) is 24.0 Å². The number of likely N-dealkylation sites (tertiary alicyclic amines) is 2. The number of hydrogen-bond acceptors (Lipinski definition) is 4. The Kier molecular flexibility index (Phi) is 14.6. The van der Waals surface area contributed by atoms with E-state index in [-0.39, 0.29) is 17.9 Å². The van der Waals surface area contributed by atoms with Gasteiger partial charge in [0.25, 0.3) is 0 Å². The molecule has 1 aromatic carbocycles. The van der Waals surface area contributed by atoms with Gasteiger partial charge < -0.3 is 21.4 Å². The Balaban J connectivity index is 0.000000976. The number of halogens is 3. The van der Waals surface area contributed by atoms with Crippen molar-refractivity contribution in [3.63, 3.8) is 0 Å². The average molecular weight is 688 g/mol. The maximum Gasteiger partial charge on any atom is 0.314 e. The number of amides is 3. The van der Waals surface area contributed by atoms with E-state index in [2.05, 4.69) is 74.9 Å². The molecule has 2 aliphatic rings. The Morgan fingerprint density at radius 1 is 1.13 bits per heavy atom. The van der Waals surface area contributed by atoms with Gasteiger partial charge in [-0.3, -0.25) is 4.79 Å². The molecular weight excluding hydrogens is 646 g/mol. The van der Waals surface area contributed by atoms with Crippen molar-refractivity contribution in [2.45, 2.75) is 58.8 Å². The summed E-state index contributed by atoms with van der Waals surface area (Å²) in [5, 5.41) is 4.65. The number of carbonyl (C=O) groups is 2. The van der Waals surface area contributed by atoms with Gasteiger partial charge in [-0.15, -0.1) is 0 Å². The van der Waals surface area contributed by atoms with Crippen molar-refractivity contribution in [1.29, 1.82) is 0 Å². The van der Waals surface area contributed by atoms with Crippen LogP contribution in [0, 0.1) is 11.8 Å². The molecule has 2 aliphatic heterocycles. The van der Waals surface area contributed by atoms with Gasteiger partial charge in [-0.05, 0) is 81.5 Å². The molecule has 1 unspecified atom stereocenters. The van der Waals surface area contributed by atoms with Gasteiger partial charge in [-0.2, -0.15) is 5.10 Å². The summed E-state index contributed by atoms with van der Waals surface area (Å²) in [5.41, 5.74) is 9.08. The van der Waals surface area contributed by atoms with Crippen LogP contribution in [-0.2, 0) is 4.79 Å². The molecule has 216 valence electrons. The van der Waals surface area contributed by atoms with Crippen LogP contribution in [-0.4, -0.2) is 59.5 Å². The lowest BCUT2D eigenvalue weighted by atomic mass is 9.77. The Bertz CT molecular complexity index is 1040. The summed E-state index contributed by atoms with van der Waals surface area (Å²) >= 11 is 13.2. The summed E-state index contributed by atoms with van der Waals surface area (Å²) in [6.07, 6.45) is 12.3. The van der Waals surface area contributed by atoms with Crippen LogP contribution in [0.1, 0.15) is 69.9 Å². The lowest BCUT2D eigenvalue weighted by molar-refractivity contribution is -0.134. The third kappa shape index (κ3) is 10.6. The highest BCUT2D eigenvalue weighted by Crippen LogP contribution is 2.41. The number of hydrogen-bond donors (Lipinski definition) is 2. The van der Waals surface area contributed by atoms with E-state index in [1.54, 1.807) is 11.1 Å². The molecular formula is C29H42Br2ClN5O2. The van der Waals surface area contributed by atoms with E-state index in [0.29, 0.717) is 31.3 Å². The molecule has 0 saturated carbocycles. The van der Waals surface area contributed by atoms with Crippen molar-refractivity contribution in [2.24, 2.45) is 28.5 Å². The fraction of sp³-hybridized carbons (Fsp3) is 0.552. The largest absolute Gasteiger partial charge is 0.351 e. The predicted octanol–water partition coefficient (Wildman–Crippen LogP) is 6.93. The number of hydrazone groups is 1. The van der Waals surface area contributed by atoms with E-state index in [1.165, 1.54) is 11.1 Å². The summed E-state index contributed by atoms with van der Waals surface area (Å²) in [6, 6.07) is 3.66. The molecule has 39 heavy (non-hydrogen) atoms. The molecule has 0 radical (unpaired) electrons. The van der Waals surface area contributed by atoms with Gasteiger partial charge in [-0.1, -0.05) is 67.3 Å². The summed E-state index contributed by atoms with van der Waals surface area (Å²) in [7, 11) is 0. The van der Waals surface area contributed by atoms with E-state index in [9.17, 15) is 9.59 Å². The molecule has 3 rings (SSSR count). The van der Waals surface area contributed by atoms with Crippen LogP contribution in [0.25, 0.3) is 6.08 Å². The van der Waals surface area contributed by atoms with Gasteiger partial charge in [0.05, 0.1) is 0 Å². The molecule has 1 aromatic rings. The SMILES string of the molecule is C/C=C\c1cc(Cl)cc(Br)c1C(C=C(C)C)C1CCN(C(=O)CC2CCN(C(N)=O)CC2)CC1.N/N=C\CBr. The van der Waals surface area contributed by atoms with E-state index >= 15 is 0 Å². The minimum atomic E-state index is -0.359. The third-order valence-corrected chi connectivity index (χ3v) is 8.45. The molecule has 0 bridgehead atoms. The number of allylic oxidation sites excluding steroid dienone is 3.